The van der Waals surface area contributed by atoms with Gasteiger partial charge in [-0.2, -0.15) is 4.31 Å². The molecule has 260 valence electrons. The third-order valence-electron chi connectivity index (χ3n) is 8.24. The minimum absolute atomic E-state index is 0.0789. The molecule has 1 aromatic carbocycles. The van der Waals surface area contributed by atoms with Crippen LogP contribution in [-0.2, 0) is 33.7 Å². The highest BCUT2D eigenvalue weighted by atomic mass is 32.2. The number of nitrogens with zero attached hydrogens (tertiary/aromatic N) is 1. The number of sulfonamides is 1. The van der Waals surface area contributed by atoms with Gasteiger partial charge in [0, 0.05) is 13.2 Å². The molecule has 9 heteroatoms. The van der Waals surface area contributed by atoms with Crippen molar-refractivity contribution in [3.05, 3.63) is 42.0 Å². The molecule has 1 aromatic rings. The Kier molecular flexibility index (Phi) is 18.4. The van der Waals surface area contributed by atoms with Crippen LogP contribution in [0.15, 0.2) is 41.3 Å². The van der Waals surface area contributed by atoms with Crippen LogP contribution in [-0.4, -0.2) is 69.1 Å². The molecule has 8 nitrogen and oxygen atoms in total. The summed E-state index contributed by atoms with van der Waals surface area (Å²) in [6, 6.07) is 6.24. The number of unbranched alkanes of at least 4 members (excludes halogenated alkanes) is 10. The summed E-state index contributed by atoms with van der Waals surface area (Å²) in [6.07, 6.45) is 15.8. The quantitative estimate of drug-likeness (QED) is 0.0628. The summed E-state index contributed by atoms with van der Waals surface area (Å²) in [6.45, 7) is 16.3. The van der Waals surface area contributed by atoms with Crippen LogP contribution in [0.25, 0.3) is 0 Å². The van der Waals surface area contributed by atoms with Gasteiger partial charge in [-0.15, -0.1) is 0 Å². The lowest BCUT2D eigenvalue weighted by Crippen LogP contribution is -2.51. The molecule has 0 aliphatic carbocycles. The molecule has 1 saturated heterocycles. The van der Waals surface area contributed by atoms with Crippen LogP contribution in [0.2, 0.25) is 0 Å². The molecule has 0 N–H and O–H groups in total. The number of hydrogen-bond donors (Lipinski definition) is 0. The molecule has 1 fully saturated rings. The van der Waals surface area contributed by atoms with Crippen molar-refractivity contribution in [2.24, 2.45) is 0 Å². The van der Waals surface area contributed by atoms with Crippen LogP contribution < -0.4 is 0 Å². The van der Waals surface area contributed by atoms with E-state index >= 15 is 0 Å². The highest BCUT2D eigenvalue weighted by Gasteiger charge is 2.56. The summed E-state index contributed by atoms with van der Waals surface area (Å²) in [5.41, 5.74) is -0.168. The van der Waals surface area contributed by atoms with E-state index in [2.05, 4.69) is 13.0 Å². The van der Waals surface area contributed by atoms with Crippen molar-refractivity contribution < 1.29 is 32.1 Å². The van der Waals surface area contributed by atoms with Crippen LogP contribution in [0.3, 0.4) is 0 Å². The Morgan fingerprint density at radius 2 is 1.40 bits per heavy atom. The highest BCUT2D eigenvalue weighted by Crippen LogP contribution is 2.40. The Labute approximate surface area is 275 Å². The number of ether oxygens (including phenoxy) is 5. The first kappa shape index (κ1) is 39.8. The third kappa shape index (κ3) is 13.4. The van der Waals surface area contributed by atoms with Crippen LogP contribution >= 0.6 is 0 Å². The fraction of sp³-hybridized carbons (Fsp3) is 0.778. The van der Waals surface area contributed by atoms with Gasteiger partial charge in [0.05, 0.1) is 17.5 Å². The van der Waals surface area contributed by atoms with Crippen molar-refractivity contribution in [2.45, 2.75) is 167 Å². The maximum atomic E-state index is 14.2. The maximum Gasteiger partial charge on any atom is 0.245 e. The standard InChI is InChI=1S/C36H63NO7S/c1-9-12-13-14-15-16-17-18-19-20-21-22-23-34(43-31(6)41-11-3)35-33(28-42-30(5)40-10-2)37(36(7,8)44-35)45(38,39)32-26-24-29(4)25-27-32/h22-27,30-31,33-35H,9-21,28H2,1-8H3/b23-22+/t30?,31?,33-,34+,35-/m0/s1. The average molecular weight is 654 g/mol. The SMILES string of the molecule is CCCCCCCCCCCC/C=C/[C@@H](OC(C)OCC)[C@H]1OC(C)(C)N(S(=O)(=O)c2ccc(C)cc2)[C@H]1COC(C)OCC. The van der Waals surface area contributed by atoms with Crippen molar-refractivity contribution in [3.63, 3.8) is 0 Å². The molecule has 1 aliphatic heterocycles. The van der Waals surface area contributed by atoms with Gasteiger partial charge in [0.1, 0.15) is 17.9 Å². The van der Waals surface area contributed by atoms with Crippen molar-refractivity contribution in [3.8, 4) is 0 Å². The molecule has 0 radical (unpaired) electrons. The average Bonchev–Trinajstić information content (AvgIpc) is 3.27. The second-order valence-corrected chi connectivity index (χ2v) is 14.4. The second-order valence-electron chi connectivity index (χ2n) is 12.6. The molecule has 2 unspecified atom stereocenters. The molecular formula is C36H63NO7S. The van der Waals surface area contributed by atoms with Crippen LogP contribution in [0.4, 0.5) is 0 Å². The number of benzene rings is 1. The minimum atomic E-state index is -3.95. The van der Waals surface area contributed by atoms with E-state index in [4.69, 9.17) is 23.7 Å². The Hall–Kier alpha value is -1.33. The van der Waals surface area contributed by atoms with E-state index in [0.717, 1.165) is 18.4 Å². The summed E-state index contributed by atoms with van der Waals surface area (Å²) in [4.78, 5) is 0.213. The molecule has 45 heavy (non-hydrogen) atoms. The van der Waals surface area contributed by atoms with Gasteiger partial charge in [-0.25, -0.2) is 8.42 Å². The molecule has 1 aliphatic rings. The van der Waals surface area contributed by atoms with E-state index in [1.54, 1.807) is 26.0 Å². The normalized spacial score (nSPS) is 21.0. The first-order valence-corrected chi connectivity index (χ1v) is 18.9. The smallest absolute Gasteiger partial charge is 0.245 e. The number of aryl methyl sites for hydroxylation is 1. The number of allylic oxidation sites excluding steroid dienone is 1. The van der Waals surface area contributed by atoms with Crippen LogP contribution in [0.5, 0.6) is 0 Å². The molecule has 1 heterocycles. The summed E-state index contributed by atoms with van der Waals surface area (Å²) < 4.78 is 60.2. The molecule has 0 spiro atoms. The Bertz CT molecular complexity index is 1060. The highest BCUT2D eigenvalue weighted by molar-refractivity contribution is 7.89. The van der Waals surface area contributed by atoms with E-state index in [9.17, 15) is 8.42 Å². The molecule has 0 amide bonds. The van der Waals surface area contributed by atoms with Gasteiger partial charge >= 0.3 is 0 Å². The maximum absolute atomic E-state index is 14.2. The van der Waals surface area contributed by atoms with Gasteiger partial charge < -0.3 is 23.7 Å². The first-order valence-electron chi connectivity index (χ1n) is 17.4. The van der Waals surface area contributed by atoms with Crippen molar-refractivity contribution in [2.75, 3.05) is 19.8 Å². The molecule has 0 bridgehead atoms. The van der Waals surface area contributed by atoms with Crippen LogP contribution in [0.1, 0.15) is 125 Å². The Morgan fingerprint density at radius 3 is 1.98 bits per heavy atom. The van der Waals surface area contributed by atoms with Gasteiger partial charge in [-0.3, -0.25) is 0 Å². The summed E-state index contributed by atoms with van der Waals surface area (Å²) >= 11 is 0. The van der Waals surface area contributed by atoms with Gasteiger partial charge in [-0.1, -0.05) is 94.6 Å². The molecule has 0 aromatic heterocycles. The second kappa shape index (κ2) is 20.8. The monoisotopic (exact) mass is 653 g/mol. The van der Waals surface area contributed by atoms with Gasteiger partial charge in [0.15, 0.2) is 12.6 Å². The van der Waals surface area contributed by atoms with Crippen molar-refractivity contribution >= 4 is 10.0 Å². The van der Waals surface area contributed by atoms with E-state index in [1.165, 1.54) is 62.1 Å². The summed E-state index contributed by atoms with van der Waals surface area (Å²) in [5, 5.41) is 0. The lowest BCUT2D eigenvalue weighted by molar-refractivity contribution is -0.184. The van der Waals surface area contributed by atoms with E-state index in [0.29, 0.717) is 13.2 Å². The van der Waals surface area contributed by atoms with Crippen LogP contribution in [0, 0.1) is 6.92 Å². The first-order chi connectivity index (χ1) is 21.5. The van der Waals surface area contributed by atoms with Gasteiger partial charge in [0.2, 0.25) is 10.0 Å². The number of rotatable bonds is 24. The lowest BCUT2D eigenvalue weighted by atomic mass is 10.0. The zero-order valence-electron chi connectivity index (χ0n) is 29.5. The topological polar surface area (TPSA) is 83.5 Å². The predicted octanol–water partition coefficient (Wildman–Crippen LogP) is 8.52. The fourth-order valence-electron chi connectivity index (χ4n) is 5.96. The molecular weight excluding hydrogens is 590 g/mol. The number of hydrogen-bond acceptors (Lipinski definition) is 7. The van der Waals surface area contributed by atoms with E-state index < -0.39 is 46.6 Å². The van der Waals surface area contributed by atoms with Gasteiger partial charge in [0.25, 0.3) is 0 Å². The summed E-state index contributed by atoms with van der Waals surface area (Å²) in [5.74, 6) is 0. The Balaban J connectivity index is 2.23. The Morgan fingerprint density at radius 1 is 0.844 bits per heavy atom. The predicted molar refractivity (Wildman–Crippen MR) is 182 cm³/mol. The fourth-order valence-corrected chi connectivity index (χ4v) is 7.83. The van der Waals surface area contributed by atoms with Crippen molar-refractivity contribution in [1.29, 1.82) is 0 Å². The summed E-state index contributed by atoms with van der Waals surface area (Å²) in [7, 11) is -3.95. The minimum Gasteiger partial charge on any atom is -0.353 e. The lowest BCUT2D eigenvalue weighted by Gasteiger charge is -2.33. The zero-order chi connectivity index (χ0) is 33.3. The third-order valence-corrected chi connectivity index (χ3v) is 10.3. The largest absolute Gasteiger partial charge is 0.353 e. The molecule has 0 saturated carbocycles. The zero-order valence-corrected chi connectivity index (χ0v) is 30.3. The molecule has 5 atom stereocenters. The van der Waals surface area contributed by atoms with Gasteiger partial charge in [-0.05, 0) is 73.4 Å². The van der Waals surface area contributed by atoms with E-state index in [-0.39, 0.29) is 11.5 Å². The van der Waals surface area contributed by atoms with Crippen molar-refractivity contribution in [1.82, 2.24) is 4.31 Å². The van der Waals surface area contributed by atoms with E-state index in [1.807, 2.05) is 52.8 Å². The molecule has 2 rings (SSSR count).